The van der Waals surface area contributed by atoms with Crippen molar-refractivity contribution < 1.29 is 5.11 Å². The minimum absolute atomic E-state index is 0.292. The molecule has 4 nitrogen and oxygen atoms in total. The predicted molar refractivity (Wildman–Crippen MR) is 75.0 cm³/mol. The smallest absolute Gasteiger partial charge is 0.160 e. The van der Waals surface area contributed by atoms with E-state index in [0.29, 0.717) is 5.75 Å². The van der Waals surface area contributed by atoms with Crippen molar-refractivity contribution in [3.63, 3.8) is 0 Å². The molecule has 2 aromatic heterocycles. The van der Waals surface area contributed by atoms with E-state index in [1.807, 2.05) is 31.2 Å². The first kappa shape index (κ1) is 11.7. The zero-order valence-electron chi connectivity index (χ0n) is 11.0. The molecule has 4 heteroatoms. The Morgan fingerprint density at radius 2 is 2.11 bits per heavy atom. The lowest BCUT2D eigenvalue weighted by Gasteiger charge is -2.06. The van der Waals surface area contributed by atoms with Crippen LogP contribution in [0.1, 0.15) is 12.5 Å². The summed E-state index contributed by atoms with van der Waals surface area (Å²) in [4.78, 5) is 8.99. The van der Waals surface area contributed by atoms with Gasteiger partial charge in [-0.1, -0.05) is 12.1 Å². The number of hydrogen-bond donors (Lipinski definition) is 1. The van der Waals surface area contributed by atoms with E-state index in [1.54, 1.807) is 12.3 Å². The highest BCUT2D eigenvalue weighted by Crippen LogP contribution is 2.27. The zero-order valence-corrected chi connectivity index (χ0v) is 11.0. The molecule has 0 spiro atoms. The van der Waals surface area contributed by atoms with Gasteiger partial charge < -0.3 is 9.67 Å². The average Bonchev–Trinajstić information content (AvgIpc) is 2.80. The fourth-order valence-electron chi connectivity index (χ4n) is 2.23. The van der Waals surface area contributed by atoms with Gasteiger partial charge in [0.15, 0.2) is 5.65 Å². The molecule has 0 aliphatic heterocycles. The maximum absolute atomic E-state index is 9.85. The van der Waals surface area contributed by atoms with Crippen LogP contribution in [0.5, 0.6) is 5.75 Å². The van der Waals surface area contributed by atoms with Crippen LogP contribution in [-0.4, -0.2) is 19.6 Å². The second kappa shape index (κ2) is 4.39. The van der Waals surface area contributed by atoms with Crippen LogP contribution in [0.4, 0.5) is 0 Å². The number of imidazole rings is 1. The van der Waals surface area contributed by atoms with Crippen molar-refractivity contribution in [2.45, 2.75) is 20.4 Å². The van der Waals surface area contributed by atoms with Crippen molar-refractivity contribution in [3.05, 3.63) is 42.1 Å². The van der Waals surface area contributed by atoms with E-state index in [2.05, 4.69) is 21.5 Å². The number of benzene rings is 1. The molecule has 19 heavy (non-hydrogen) atoms. The molecule has 0 aliphatic carbocycles. The Balaban J connectivity index is 2.26. The molecule has 1 N–H and O–H groups in total. The standard InChI is InChI=1S/C15H15N3O/c1-3-18-14(11-7-6-10(2)13(19)9-11)17-12-5-4-8-16-15(12)18/h4-9,19H,3H2,1-2H3. The predicted octanol–water partition coefficient (Wildman–Crippen LogP) is 3.13. The number of aromatic hydroxyl groups is 1. The van der Waals surface area contributed by atoms with Crippen molar-refractivity contribution in [3.8, 4) is 17.1 Å². The maximum atomic E-state index is 9.85. The minimum Gasteiger partial charge on any atom is -0.508 e. The summed E-state index contributed by atoms with van der Waals surface area (Å²) in [5, 5.41) is 9.85. The molecule has 96 valence electrons. The Kier molecular flexibility index (Phi) is 2.71. The molecule has 3 rings (SSSR count). The van der Waals surface area contributed by atoms with Gasteiger partial charge in [0.2, 0.25) is 0 Å². The van der Waals surface area contributed by atoms with Crippen molar-refractivity contribution in [1.29, 1.82) is 0 Å². The minimum atomic E-state index is 0.292. The summed E-state index contributed by atoms with van der Waals surface area (Å²) in [6.45, 7) is 4.73. The van der Waals surface area contributed by atoms with Crippen LogP contribution in [0, 0.1) is 6.92 Å². The second-order valence-electron chi connectivity index (χ2n) is 4.53. The van der Waals surface area contributed by atoms with Crippen molar-refractivity contribution in [2.75, 3.05) is 0 Å². The molecule has 0 amide bonds. The first-order valence-corrected chi connectivity index (χ1v) is 6.32. The molecule has 0 saturated heterocycles. The van der Waals surface area contributed by atoms with E-state index in [1.165, 1.54) is 0 Å². The Morgan fingerprint density at radius 1 is 1.26 bits per heavy atom. The van der Waals surface area contributed by atoms with Crippen molar-refractivity contribution in [2.24, 2.45) is 0 Å². The van der Waals surface area contributed by atoms with Crippen LogP contribution in [-0.2, 0) is 6.54 Å². The lowest BCUT2D eigenvalue weighted by atomic mass is 10.1. The molecular weight excluding hydrogens is 238 g/mol. The topological polar surface area (TPSA) is 50.9 Å². The van der Waals surface area contributed by atoms with E-state index in [0.717, 1.165) is 34.7 Å². The van der Waals surface area contributed by atoms with Gasteiger partial charge in [0, 0.05) is 18.3 Å². The summed E-state index contributed by atoms with van der Waals surface area (Å²) in [6.07, 6.45) is 1.77. The molecule has 0 unspecified atom stereocenters. The van der Waals surface area contributed by atoms with Gasteiger partial charge in [0.25, 0.3) is 0 Å². The van der Waals surface area contributed by atoms with Crippen LogP contribution in [0.25, 0.3) is 22.6 Å². The molecule has 1 aromatic carbocycles. The highest BCUT2D eigenvalue weighted by Gasteiger charge is 2.12. The Bertz CT molecular complexity index is 746. The third kappa shape index (κ3) is 1.85. The van der Waals surface area contributed by atoms with Gasteiger partial charge in [-0.2, -0.15) is 0 Å². The van der Waals surface area contributed by atoms with Gasteiger partial charge in [0.1, 0.15) is 17.1 Å². The highest BCUT2D eigenvalue weighted by atomic mass is 16.3. The zero-order chi connectivity index (χ0) is 13.4. The van der Waals surface area contributed by atoms with Crippen LogP contribution in [0.3, 0.4) is 0 Å². The van der Waals surface area contributed by atoms with E-state index in [4.69, 9.17) is 0 Å². The summed E-state index contributed by atoms with van der Waals surface area (Å²) < 4.78 is 2.05. The Morgan fingerprint density at radius 3 is 2.84 bits per heavy atom. The number of aryl methyl sites for hydroxylation is 2. The first-order chi connectivity index (χ1) is 9.20. The lowest BCUT2D eigenvalue weighted by molar-refractivity contribution is 0.471. The third-order valence-corrected chi connectivity index (χ3v) is 3.29. The number of phenols is 1. The maximum Gasteiger partial charge on any atom is 0.160 e. The summed E-state index contributed by atoms with van der Waals surface area (Å²) in [7, 11) is 0. The van der Waals surface area contributed by atoms with E-state index < -0.39 is 0 Å². The van der Waals surface area contributed by atoms with E-state index >= 15 is 0 Å². The SMILES string of the molecule is CCn1c(-c2ccc(C)c(O)c2)nc2cccnc21. The lowest BCUT2D eigenvalue weighted by Crippen LogP contribution is -1.98. The molecule has 2 heterocycles. The summed E-state index contributed by atoms with van der Waals surface area (Å²) in [5.41, 5.74) is 3.52. The molecule has 0 radical (unpaired) electrons. The van der Waals surface area contributed by atoms with Gasteiger partial charge in [0.05, 0.1) is 0 Å². The number of pyridine rings is 1. The monoisotopic (exact) mass is 253 g/mol. The van der Waals surface area contributed by atoms with Gasteiger partial charge in [-0.15, -0.1) is 0 Å². The van der Waals surface area contributed by atoms with E-state index in [-0.39, 0.29) is 0 Å². The quantitative estimate of drug-likeness (QED) is 0.763. The number of aromatic nitrogens is 3. The molecule has 0 atom stereocenters. The van der Waals surface area contributed by atoms with Crippen molar-refractivity contribution in [1.82, 2.24) is 14.5 Å². The molecule has 0 bridgehead atoms. The Labute approximate surface area is 111 Å². The summed E-state index contributed by atoms with van der Waals surface area (Å²) in [5.74, 6) is 1.13. The fraction of sp³-hybridized carbons (Fsp3) is 0.200. The number of nitrogens with zero attached hydrogens (tertiary/aromatic N) is 3. The number of rotatable bonds is 2. The summed E-state index contributed by atoms with van der Waals surface area (Å²) in [6, 6.07) is 9.46. The summed E-state index contributed by atoms with van der Waals surface area (Å²) >= 11 is 0. The van der Waals surface area contributed by atoms with Gasteiger partial charge in [-0.05, 0) is 37.6 Å². The van der Waals surface area contributed by atoms with Crippen LogP contribution < -0.4 is 0 Å². The van der Waals surface area contributed by atoms with Gasteiger partial charge in [-0.3, -0.25) is 0 Å². The highest BCUT2D eigenvalue weighted by molar-refractivity contribution is 5.77. The average molecular weight is 253 g/mol. The normalized spacial score (nSPS) is 11.1. The second-order valence-corrected chi connectivity index (χ2v) is 4.53. The van der Waals surface area contributed by atoms with Gasteiger partial charge in [-0.25, -0.2) is 9.97 Å². The molecular formula is C15H15N3O. The van der Waals surface area contributed by atoms with Crippen LogP contribution in [0.15, 0.2) is 36.5 Å². The molecule has 3 aromatic rings. The fourth-order valence-corrected chi connectivity index (χ4v) is 2.23. The number of fused-ring (bicyclic) bond motifs is 1. The number of hydrogen-bond acceptors (Lipinski definition) is 3. The van der Waals surface area contributed by atoms with Gasteiger partial charge >= 0.3 is 0 Å². The first-order valence-electron chi connectivity index (χ1n) is 6.32. The largest absolute Gasteiger partial charge is 0.508 e. The van der Waals surface area contributed by atoms with Crippen LogP contribution in [0.2, 0.25) is 0 Å². The van der Waals surface area contributed by atoms with Crippen molar-refractivity contribution >= 4 is 11.2 Å². The number of phenolic OH excluding ortho intramolecular Hbond substituents is 1. The van der Waals surface area contributed by atoms with Crippen LogP contribution >= 0.6 is 0 Å². The van der Waals surface area contributed by atoms with E-state index in [9.17, 15) is 5.11 Å². The third-order valence-electron chi connectivity index (χ3n) is 3.29. The molecule has 0 saturated carbocycles. The molecule has 0 fully saturated rings. The molecule has 0 aliphatic rings. The Hall–Kier alpha value is -2.36.